The molecule has 2 N–H and O–H groups in total. The van der Waals surface area contributed by atoms with Gasteiger partial charge in [0.05, 0.1) is 22.7 Å². The van der Waals surface area contributed by atoms with E-state index in [4.69, 9.17) is 18.9 Å². The number of nitrogens with zero attached hydrogens (tertiary/aromatic N) is 4. The second kappa shape index (κ2) is 10.2. The first-order valence-electron chi connectivity index (χ1n) is 18.1. The molecule has 0 radical (unpaired) electrons. The molecule has 0 aliphatic carbocycles. The Morgan fingerprint density at radius 3 is 1.45 bits per heavy atom. The van der Waals surface area contributed by atoms with Gasteiger partial charge in [-0.05, 0) is 91.6 Å². The van der Waals surface area contributed by atoms with Crippen molar-refractivity contribution in [2.75, 3.05) is 16.6 Å². The van der Waals surface area contributed by atoms with E-state index in [1.54, 1.807) is 4.90 Å². The third-order valence-electron chi connectivity index (χ3n) is 11.7. The summed E-state index contributed by atoms with van der Waals surface area (Å²) in [5, 5.41) is 23.0. The Morgan fingerprint density at radius 1 is 0.518 bits per heavy atom. The summed E-state index contributed by atoms with van der Waals surface area (Å²) in [5.41, 5.74) is 4.97. The molecule has 266 valence electrons. The van der Waals surface area contributed by atoms with Crippen molar-refractivity contribution in [1.29, 1.82) is 0 Å². The lowest BCUT2D eigenvalue weighted by molar-refractivity contribution is 0.0708. The largest absolute Gasteiger partial charge is 0.451 e. The van der Waals surface area contributed by atoms with Gasteiger partial charge in [-0.2, -0.15) is 8.42 Å². The highest BCUT2D eigenvalue weighted by molar-refractivity contribution is 7.81. The lowest BCUT2D eigenvalue weighted by atomic mass is 9.84. The minimum absolute atomic E-state index is 0.0495. The lowest BCUT2D eigenvalue weighted by Crippen LogP contribution is -2.41. The van der Waals surface area contributed by atoms with Crippen LogP contribution in [0.4, 0.5) is 22.7 Å². The van der Waals surface area contributed by atoms with Gasteiger partial charge in [0.15, 0.2) is 6.79 Å². The van der Waals surface area contributed by atoms with E-state index in [1.807, 2.05) is 83.8 Å². The second-order valence-electron chi connectivity index (χ2n) is 14.4. The van der Waals surface area contributed by atoms with E-state index in [-0.39, 0.29) is 5.88 Å². The van der Waals surface area contributed by atoms with Crippen LogP contribution in [0.1, 0.15) is 11.1 Å². The minimum atomic E-state index is -4.95. The van der Waals surface area contributed by atoms with Gasteiger partial charge in [0.25, 0.3) is 0 Å². The molecule has 11 heteroatoms. The Bertz CT molecular complexity index is 3660. The van der Waals surface area contributed by atoms with Gasteiger partial charge in [-0.1, -0.05) is 72.8 Å². The maximum absolute atomic E-state index is 12.6. The number of benzene rings is 9. The molecule has 0 spiro atoms. The van der Waals surface area contributed by atoms with Gasteiger partial charge in [-0.25, -0.2) is 9.98 Å². The van der Waals surface area contributed by atoms with Crippen molar-refractivity contribution in [2.45, 2.75) is 0 Å². The van der Waals surface area contributed by atoms with Gasteiger partial charge in [-0.15, -0.1) is 0 Å². The highest BCUT2D eigenvalue weighted by Crippen LogP contribution is 2.48. The third-order valence-corrected chi connectivity index (χ3v) is 12.1. The highest BCUT2D eigenvalue weighted by atomic mass is 32.3. The summed E-state index contributed by atoms with van der Waals surface area (Å²) in [5.74, 6) is 1.65. The van der Waals surface area contributed by atoms with E-state index in [1.165, 1.54) is 0 Å². The number of anilines is 2. The van der Waals surface area contributed by atoms with Crippen molar-refractivity contribution in [3.05, 3.63) is 143 Å². The molecule has 56 heavy (non-hydrogen) atoms. The topological polar surface area (TPSA) is 124 Å². The number of hydrogen-bond donors (Lipinski definition) is 2. The Balaban J connectivity index is 1.17. The first-order valence-corrected chi connectivity index (χ1v) is 19.4. The van der Waals surface area contributed by atoms with Crippen LogP contribution in [-0.2, 0) is 19.3 Å². The molecular weight excluding hydrogens is 725 g/mol. The van der Waals surface area contributed by atoms with Crippen LogP contribution < -0.4 is 20.2 Å². The summed E-state index contributed by atoms with van der Waals surface area (Å²) >= 11 is 0. The predicted molar refractivity (Wildman–Crippen MR) is 220 cm³/mol. The van der Waals surface area contributed by atoms with Crippen molar-refractivity contribution in [3.63, 3.8) is 0 Å². The molecule has 9 aromatic carbocycles. The summed E-state index contributed by atoms with van der Waals surface area (Å²) in [6, 6.07) is 40.3. The van der Waals surface area contributed by atoms with Gasteiger partial charge < -0.3 is 14.0 Å². The lowest BCUT2D eigenvalue weighted by Gasteiger charge is -2.36. The normalized spacial score (nSPS) is 15.2. The number of amidine groups is 2. The number of aliphatic hydroxyl groups excluding tert-OH is 1. The third kappa shape index (κ3) is 3.64. The molecule has 10 nitrogen and oxygen atoms in total. The van der Waals surface area contributed by atoms with E-state index in [2.05, 4.69) is 42.5 Å². The van der Waals surface area contributed by atoms with E-state index < -0.39 is 17.2 Å². The van der Waals surface area contributed by atoms with Crippen LogP contribution in [0.15, 0.2) is 131 Å². The predicted octanol–water partition coefficient (Wildman–Crippen LogP) is 7.78. The number of aliphatic imine (C=N–C) groups is 2. The summed E-state index contributed by atoms with van der Waals surface area (Å²) in [6.45, 7) is -0.521. The van der Waals surface area contributed by atoms with Crippen molar-refractivity contribution in [2.24, 2.45) is 9.98 Å². The number of aliphatic hydroxyl groups is 1. The Kier molecular flexibility index (Phi) is 5.50. The Morgan fingerprint density at radius 2 is 0.964 bits per heavy atom. The fourth-order valence-corrected chi connectivity index (χ4v) is 10.1. The molecule has 4 heterocycles. The molecule has 0 saturated carbocycles. The maximum atomic E-state index is 12.6. The smallest absolute Gasteiger partial charge is 0.447 e. The fraction of sp³-hybridized carbons (Fsp3) is 0.0222. The van der Waals surface area contributed by atoms with Gasteiger partial charge in [-0.3, -0.25) is 14.4 Å². The molecule has 0 fully saturated rings. The molecule has 4 aliphatic heterocycles. The number of rotatable bonds is 4. The molecule has 0 atom stereocenters. The first kappa shape index (κ1) is 30.3. The van der Waals surface area contributed by atoms with Crippen LogP contribution >= 0.6 is 0 Å². The van der Waals surface area contributed by atoms with Gasteiger partial charge >= 0.3 is 10.4 Å². The first-order chi connectivity index (χ1) is 27.4. The van der Waals surface area contributed by atoms with Crippen molar-refractivity contribution >= 4 is 121 Å². The van der Waals surface area contributed by atoms with Crippen LogP contribution in [0.5, 0.6) is 0 Å². The van der Waals surface area contributed by atoms with Crippen molar-refractivity contribution in [1.82, 2.24) is 0 Å². The van der Waals surface area contributed by atoms with Crippen LogP contribution in [0.2, 0.25) is 0 Å². The quantitative estimate of drug-likeness (QED) is 0.0810. The Labute approximate surface area is 316 Å². The molecular formula is C45H24N4O6S. The monoisotopic (exact) mass is 748 g/mol. The zero-order valence-corrected chi connectivity index (χ0v) is 29.8. The maximum Gasteiger partial charge on any atom is 0.447 e. The van der Waals surface area contributed by atoms with E-state index in [0.717, 1.165) is 98.0 Å². The van der Waals surface area contributed by atoms with Crippen LogP contribution in [0.3, 0.4) is 0 Å². The molecule has 0 bridgehead atoms. The molecule has 0 saturated heterocycles. The van der Waals surface area contributed by atoms with Gasteiger partial charge in [0, 0.05) is 43.1 Å². The van der Waals surface area contributed by atoms with Crippen molar-refractivity contribution < 1.29 is 27.0 Å². The number of ether oxygens (including phenoxy) is 1. The van der Waals surface area contributed by atoms with Crippen LogP contribution in [-0.4, -0.2) is 36.5 Å². The molecule has 0 unspecified atom stereocenters. The van der Waals surface area contributed by atoms with Gasteiger partial charge in [0.1, 0.15) is 11.7 Å². The van der Waals surface area contributed by atoms with E-state index in [9.17, 15) is 18.1 Å². The number of hydrogen-bond acceptors (Lipinski definition) is 9. The molecule has 13 rings (SSSR count). The zero-order valence-electron chi connectivity index (χ0n) is 29.0. The van der Waals surface area contributed by atoms with Crippen LogP contribution in [0, 0.1) is 0 Å². The minimum Gasteiger partial charge on any atom is -0.451 e. The molecule has 0 amide bonds. The average Bonchev–Trinajstić information content (AvgIpc) is 3.20. The fourth-order valence-electron chi connectivity index (χ4n) is 9.74. The summed E-state index contributed by atoms with van der Waals surface area (Å²) < 4.78 is 47.0. The Hall–Kier alpha value is -7.05. The molecule has 9 aromatic rings. The number of fused-ring (bicyclic) bond motifs is 8. The standard InChI is InChI=1S/C45H24N4O6S/c50-21-54-44-30-19-15-26-25-14-18-29-41-31(45(55-56(51,52)53)49-35-12-4-8-23-6-2-10-33(37(23)35)47-43(29)49)20-16-27(39(25)41)24-13-17-28(40(30)38(24)26)42-46-32-9-1-5-22-7-3-11-34(36(22)32)48(42)44/h1-20,50H,21H2,(H,51,52,53). The summed E-state index contributed by atoms with van der Waals surface area (Å²) in [6.07, 6.45) is 0. The zero-order chi connectivity index (χ0) is 37.2. The van der Waals surface area contributed by atoms with Crippen LogP contribution in [0.25, 0.3) is 76.4 Å². The molecule has 0 aromatic heterocycles. The van der Waals surface area contributed by atoms with Crippen molar-refractivity contribution in [3.8, 4) is 0 Å². The average molecular weight is 749 g/mol. The van der Waals surface area contributed by atoms with Gasteiger partial charge in [0.2, 0.25) is 11.8 Å². The second-order valence-corrected chi connectivity index (χ2v) is 15.4. The highest BCUT2D eigenvalue weighted by Gasteiger charge is 2.37. The summed E-state index contributed by atoms with van der Waals surface area (Å²) in [4.78, 5) is 14.1. The molecule has 4 aliphatic rings. The van der Waals surface area contributed by atoms with E-state index in [0.29, 0.717) is 28.5 Å². The summed E-state index contributed by atoms with van der Waals surface area (Å²) in [7, 11) is -4.95. The SMILES string of the molecule is O=S(=O)(O)OC1=c2ccc3c4ccc5c6c(ccc(c7ccc(c2c73)C2=Nc3cccc7cccc(c37)N21)c64)=C(OCO)N1C5=Nc2cccc3cccc1c23. The van der Waals surface area contributed by atoms with E-state index >= 15 is 0 Å².